The maximum absolute atomic E-state index is 9.83. The Morgan fingerprint density at radius 3 is 2.50 bits per heavy atom. The van der Waals surface area contributed by atoms with E-state index < -0.39 is 11.1 Å². The SMILES string of the molecule is C=C([CH2+])CCS(=O)[O-]. The van der Waals surface area contributed by atoms with Crippen LogP contribution in [0.3, 0.4) is 0 Å². The highest BCUT2D eigenvalue weighted by atomic mass is 32.2. The van der Waals surface area contributed by atoms with Gasteiger partial charge in [-0.2, -0.15) is 0 Å². The Hall–Kier alpha value is -0.280. The van der Waals surface area contributed by atoms with E-state index >= 15 is 0 Å². The molecule has 0 fully saturated rings. The van der Waals surface area contributed by atoms with Crippen molar-refractivity contribution < 1.29 is 8.76 Å². The molecule has 0 saturated heterocycles. The van der Waals surface area contributed by atoms with Crippen molar-refractivity contribution in [1.82, 2.24) is 0 Å². The molecule has 0 aromatic rings. The van der Waals surface area contributed by atoms with Crippen LogP contribution < -0.4 is 0 Å². The summed E-state index contributed by atoms with van der Waals surface area (Å²) >= 11 is -1.94. The van der Waals surface area contributed by atoms with Gasteiger partial charge in [0, 0.05) is 25.7 Å². The third kappa shape index (κ3) is 5.72. The second kappa shape index (κ2) is 3.69. The Balaban J connectivity index is 3.18. The van der Waals surface area contributed by atoms with Crippen LogP contribution in [-0.2, 0) is 11.1 Å². The van der Waals surface area contributed by atoms with E-state index in [-0.39, 0.29) is 5.75 Å². The molecule has 0 aromatic heterocycles. The molecule has 8 heavy (non-hydrogen) atoms. The fourth-order valence-electron chi connectivity index (χ4n) is 0.228. The lowest BCUT2D eigenvalue weighted by Crippen LogP contribution is -1.94. The number of rotatable bonds is 3. The van der Waals surface area contributed by atoms with Crippen molar-refractivity contribution >= 4 is 11.1 Å². The second-order valence-corrected chi connectivity index (χ2v) is 2.52. The molecular weight excluding hydrogens is 124 g/mol. The first-order valence-corrected chi connectivity index (χ1v) is 3.43. The molecule has 0 bridgehead atoms. The fraction of sp³-hybridized carbons (Fsp3) is 0.400. The first kappa shape index (κ1) is 7.72. The van der Waals surface area contributed by atoms with Gasteiger partial charge in [-0.3, -0.25) is 4.21 Å². The zero-order valence-electron chi connectivity index (χ0n) is 4.55. The molecule has 0 aliphatic rings. The molecule has 0 radical (unpaired) electrons. The van der Waals surface area contributed by atoms with Gasteiger partial charge in [0.05, 0.1) is 5.57 Å². The maximum atomic E-state index is 9.83. The highest BCUT2D eigenvalue weighted by Crippen LogP contribution is 1.94. The minimum atomic E-state index is -1.94. The summed E-state index contributed by atoms with van der Waals surface area (Å²) in [5, 5.41) is 0. The van der Waals surface area contributed by atoms with Crippen molar-refractivity contribution in [2.45, 2.75) is 6.42 Å². The van der Waals surface area contributed by atoms with Crippen LogP contribution in [0.1, 0.15) is 6.42 Å². The molecule has 46 valence electrons. The molecule has 0 saturated carbocycles. The summed E-state index contributed by atoms with van der Waals surface area (Å²) < 4.78 is 19.7. The van der Waals surface area contributed by atoms with Crippen LogP contribution in [0.25, 0.3) is 0 Å². The van der Waals surface area contributed by atoms with Crippen molar-refractivity contribution in [3.05, 3.63) is 19.1 Å². The van der Waals surface area contributed by atoms with E-state index in [9.17, 15) is 8.76 Å². The van der Waals surface area contributed by atoms with E-state index in [1.807, 2.05) is 0 Å². The smallest absolute Gasteiger partial charge is 0.0972 e. The lowest BCUT2D eigenvalue weighted by molar-refractivity contribution is 0.536. The molecule has 0 rings (SSSR count). The number of allylic oxidation sites excluding steroid dienone is 1. The average molecular weight is 132 g/mol. The zero-order valence-corrected chi connectivity index (χ0v) is 5.37. The predicted molar refractivity (Wildman–Crippen MR) is 32.9 cm³/mol. The quantitative estimate of drug-likeness (QED) is 0.417. The lowest BCUT2D eigenvalue weighted by atomic mass is 10.3. The van der Waals surface area contributed by atoms with Crippen LogP contribution >= 0.6 is 0 Å². The predicted octanol–water partition coefficient (Wildman–Crippen LogP) is 0.646. The molecule has 0 aliphatic heterocycles. The van der Waals surface area contributed by atoms with Crippen LogP contribution in [-0.4, -0.2) is 14.5 Å². The lowest BCUT2D eigenvalue weighted by Gasteiger charge is -1.99. The van der Waals surface area contributed by atoms with Gasteiger partial charge in [-0.05, 0) is 0 Å². The van der Waals surface area contributed by atoms with E-state index in [2.05, 4.69) is 13.5 Å². The van der Waals surface area contributed by atoms with Gasteiger partial charge in [-0.15, -0.1) is 0 Å². The van der Waals surface area contributed by atoms with Gasteiger partial charge in [0.25, 0.3) is 0 Å². The second-order valence-electron chi connectivity index (χ2n) is 1.51. The summed E-state index contributed by atoms with van der Waals surface area (Å²) in [6.07, 6.45) is 0.468. The van der Waals surface area contributed by atoms with Crippen molar-refractivity contribution in [3.63, 3.8) is 0 Å². The largest absolute Gasteiger partial charge is 0.772 e. The van der Waals surface area contributed by atoms with Gasteiger partial charge in [0.1, 0.15) is 0 Å². The van der Waals surface area contributed by atoms with E-state index in [4.69, 9.17) is 0 Å². The highest BCUT2D eigenvalue weighted by molar-refractivity contribution is 7.79. The van der Waals surface area contributed by atoms with Crippen LogP contribution in [0.15, 0.2) is 12.2 Å². The summed E-state index contributed by atoms with van der Waals surface area (Å²) in [7, 11) is 0. The minimum absolute atomic E-state index is 0.141. The summed E-state index contributed by atoms with van der Waals surface area (Å²) in [5.74, 6) is 0.141. The summed E-state index contributed by atoms with van der Waals surface area (Å²) in [5.41, 5.74) is 0.661. The number of hydrogen-bond acceptors (Lipinski definition) is 2. The molecule has 0 amide bonds. The Kier molecular flexibility index (Phi) is 3.56. The topological polar surface area (TPSA) is 40.1 Å². The van der Waals surface area contributed by atoms with Crippen molar-refractivity contribution in [1.29, 1.82) is 0 Å². The standard InChI is InChI=1S/C5H8O2S/c1-5(2)3-4-8(6)7/h1-4H2. The fourth-order valence-corrected chi connectivity index (χ4v) is 0.683. The van der Waals surface area contributed by atoms with Crippen LogP contribution in [0.2, 0.25) is 0 Å². The minimum Gasteiger partial charge on any atom is -0.772 e. The molecule has 1 unspecified atom stereocenters. The summed E-state index contributed by atoms with van der Waals surface area (Å²) in [6, 6.07) is 0. The molecule has 0 spiro atoms. The summed E-state index contributed by atoms with van der Waals surface area (Å²) in [6.45, 7) is 6.89. The first-order chi connectivity index (χ1) is 3.63. The van der Waals surface area contributed by atoms with Gasteiger partial charge >= 0.3 is 0 Å². The van der Waals surface area contributed by atoms with E-state index in [0.717, 1.165) is 0 Å². The van der Waals surface area contributed by atoms with Crippen LogP contribution in [0.5, 0.6) is 0 Å². The molecule has 3 heteroatoms. The van der Waals surface area contributed by atoms with Gasteiger partial charge < -0.3 is 4.55 Å². The van der Waals surface area contributed by atoms with Crippen molar-refractivity contribution in [3.8, 4) is 0 Å². The third-order valence-electron chi connectivity index (χ3n) is 0.622. The molecular formula is C5H8O2S. The van der Waals surface area contributed by atoms with Crippen molar-refractivity contribution in [2.75, 3.05) is 5.75 Å². The van der Waals surface area contributed by atoms with Gasteiger partial charge in [-0.1, -0.05) is 11.1 Å². The normalized spacial score (nSPS) is 13.1. The molecule has 0 aromatic carbocycles. The Labute approximate surface area is 51.9 Å². The summed E-state index contributed by atoms with van der Waals surface area (Å²) in [4.78, 5) is 0. The molecule has 0 aliphatic carbocycles. The highest BCUT2D eigenvalue weighted by Gasteiger charge is 1.90. The Morgan fingerprint density at radius 1 is 1.88 bits per heavy atom. The van der Waals surface area contributed by atoms with Gasteiger partial charge in [0.15, 0.2) is 0 Å². The van der Waals surface area contributed by atoms with Gasteiger partial charge in [-0.25, -0.2) is 0 Å². The monoisotopic (exact) mass is 132 g/mol. The molecule has 0 heterocycles. The molecule has 2 nitrogen and oxygen atoms in total. The third-order valence-corrected chi connectivity index (χ3v) is 1.16. The first-order valence-electron chi connectivity index (χ1n) is 2.18. The molecule has 1 atom stereocenters. The maximum Gasteiger partial charge on any atom is 0.0972 e. The number of hydrogen-bond donors (Lipinski definition) is 0. The van der Waals surface area contributed by atoms with Crippen LogP contribution in [0.4, 0.5) is 0 Å². The average Bonchev–Trinajstić information content (AvgIpc) is 1.61. The Morgan fingerprint density at radius 2 is 2.38 bits per heavy atom. The van der Waals surface area contributed by atoms with Crippen molar-refractivity contribution in [2.24, 2.45) is 0 Å². The molecule has 0 N–H and O–H groups in total. The Bertz CT molecular complexity index is 95.0. The van der Waals surface area contributed by atoms with E-state index in [1.165, 1.54) is 0 Å². The zero-order chi connectivity index (χ0) is 6.57. The van der Waals surface area contributed by atoms with E-state index in [1.54, 1.807) is 0 Å². The van der Waals surface area contributed by atoms with E-state index in [0.29, 0.717) is 12.0 Å². The van der Waals surface area contributed by atoms with Gasteiger partial charge in [0.2, 0.25) is 0 Å². The van der Waals surface area contributed by atoms with Crippen LogP contribution in [0, 0.1) is 6.92 Å².